The molecule has 0 bridgehead atoms. The van der Waals surface area contributed by atoms with Crippen molar-refractivity contribution in [2.24, 2.45) is 5.92 Å². The lowest BCUT2D eigenvalue weighted by Crippen LogP contribution is -2.33. The Hall–Kier alpha value is -0.770. The minimum absolute atomic E-state index is 0.304. The zero-order valence-corrected chi connectivity index (χ0v) is 12.1. The third-order valence-electron chi connectivity index (χ3n) is 3.11. The summed E-state index contributed by atoms with van der Waals surface area (Å²) in [5.74, 6) is 0.834. The van der Waals surface area contributed by atoms with Gasteiger partial charge in [-0.15, -0.1) is 0 Å². The van der Waals surface area contributed by atoms with Crippen LogP contribution in [0.5, 0.6) is 0 Å². The van der Waals surface area contributed by atoms with E-state index in [2.05, 4.69) is 10.6 Å². The Bertz CT molecular complexity index is 243. The summed E-state index contributed by atoms with van der Waals surface area (Å²) >= 11 is 0. The second-order valence-corrected chi connectivity index (χ2v) is 6.14. The van der Waals surface area contributed by atoms with Gasteiger partial charge in [0.1, 0.15) is 5.60 Å². The van der Waals surface area contributed by atoms with Crippen molar-refractivity contribution in [2.45, 2.75) is 58.5 Å². The summed E-state index contributed by atoms with van der Waals surface area (Å²) in [6, 6.07) is 0. The third kappa shape index (κ3) is 7.54. The molecule has 0 aliphatic carbocycles. The Balaban J connectivity index is 1.96. The lowest BCUT2D eigenvalue weighted by molar-refractivity contribution is 0.0527. The Kier molecular flexibility index (Phi) is 6.47. The molecule has 0 saturated carbocycles. The van der Waals surface area contributed by atoms with Crippen molar-refractivity contribution in [1.29, 1.82) is 0 Å². The summed E-state index contributed by atoms with van der Waals surface area (Å²) in [7, 11) is 0. The molecule has 1 atom stereocenters. The van der Waals surface area contributed by atoms with Gasteiger partial charge in [-0.1, -0.05) is 6.42 Å². The number of hydrogen-bond donors (Lipinski definition) is 2. The van der Waals surface area contributed by atoms with Crippen LogP contribution < -0.4 is 10.6 Å². The van der Waals surface area contributed by atoms with E-state index in [0.717, 1.165) is 18.9 Å². The summed E-state index contributed by atoms with van der Waals surface area (Å²) < 4.78 is 5.17. The molecule has 4 nitrogen and oxygen atoms in total. The van der Waals surface area contributed by atoms with E-state index in [1.165, 1.54) is 38.8 Å². The maximum absolute atomic E-state index is 11.4. The molecule has 0 aromatic rings. The molecule has 1 heterocycles. The van der Waals surface area contributed by atoms with Crippen molar-refractivity contribution in [3.63, 3.8) is 0 Å². The first-order chi connectivity index (χ1) is 8.47. The molecule has 1 saturated heterocycles. The zero-order chi connectivity index (χ0) is 13.4. The number of hydrogen-bond acceptors (Lipinski definition) is 3. The number of carbonyl (C=O) groups excluding carboxylic acids is 1. The van der Waals surface area contributed by atoms with E-state index in [1.54, 1.807) is 0 Å². The van der Waals surface area contributed by atoms with Gasteiger partial charge >= 0.3 is 6.09 Å². The smallest absolute Gasteiger partial charge is 0.407 e. The lowest BCUT2D eigenvalue weighted by atomic mass is 9.94. The average molecular weight is 256 g/mol. The van der Waals surface area contributed by atoms with Gasteiger partial charge < -0.3 is 15.4 Å². The molecule has 18 heavy (non-hydrogen) atoms. The fourth-order valence-corrected chi connectivity index (χ4v) is 2.23. The molecule has 1 aliphatic rings. The molecular weight excluding hydrogens is 228 g/mol. The molecule has 1 rings (SSSR count). The normalized spacial score (nSPS) is 20.5. The first-order valence-corrected chi connectivity index (χ1v) is 7.15. The van der Waals surface area contributed by atoms with Crippen LogP contribution in [0.2, 0.25) is 0 Å². The van der Waals surface area contributed by atoms with Crippen LogP contribution in [-0.4, -0.2) is 31.3 Å². The number of nitrogens with one attached hydrogen (secondary N) is 2. The van der Waals surface area contributed by atoms with Crippen LogP contribution in [0.3, 0.4) is 0 Å². The van der Waals surface area contributed by atoms with Gasteiger partial charge in [0.05, 0.1) is 0 Å². The first-order valence-electron chi connectivity index (χ1n) is 7.15. The van der Waals surface area contributed by atoms with Gasteiger partial charge in [0.2, 0.25) is 0 Å². The molecule has 1 fully saturated rings. The SMILES string of the molecule is CC(C)(C)OC(=O)NCCCC[C@H]1CCCNC1. The molecule has 0 aromatic carbocycles. The van der Waals surface area contributed by atoms with Crippen molar-refractivity contribution in [3.8, 4) is 0 Å². The van der Waals surface area contributed by atoms with E-state index in [-0.39, 0.29) is 6.09 Å². The molecule has 1 aliphatic heterocycles. The van der Waals surface area contributed by atoms with Crippen molar-refractivity contribution in [1.82, 2.24) is 10.6 Å². The van der Waals surface area contributed by atoms with Crippen molar-refractivity contribution in [2.75, 3.05) is 19.6 Å². The number of unbranched alkanes of at least 4 members (excludes halogenated alkanes) is 1. The largest absolute Gasteiger partial charge is 0.444 e. The Morgan fingerprint density at radius 2 is 2.17 bits per heavy atom. The molecule has 0 spiro atoms. The van der Waals surface area contributed by atoms with Crippen molar-refractivity contribution < 1.29 is 9.53 Å². The van der Waals surface area contributed by atoms with Gasteiger partial charge in [0.25, 0.3) is 0 Å². The summed E-state index contributed by atoms with van der Waals surface area (Å²) in [6.45, 7) is 8.69. The predicted molar refractivity (Wildman–Crippen MR) is 73.7 cm³/mol. The van der Waals surface area contributed by atoms with Crippen LogP contribution in [0.1, 0.15) is 52.9 Å². The summed E-state index contributed by atoms with van der Waals surface area (Å²) in [6.07, 6.45) is 5.84. The van der Waals surface area contributed by atoms with E-state index in [9.17, 15) is 4.79 Å². The number of amides is 1. The van der Waals surface area contributed by atoms with Crippen LogP contribution in [-0.2, 0) is 4.74 Å². The first kappa shape index (κ1) is 15.3. The van der Waals surface area contributed by atoms with Gasteiger partial charge in [-0.2, -0.15) is 0 Å². The number of piperidine rings is 1. The number of alkyl carbamates (subject to hydrolysis) is 1. The van der Waals surface area contributed by atoms with Gasteiger partial charge in [-0.3, -0.25) is 0 Å². The molecule has 4 heteroatoms. The lowest BCUT2D eigenvalue weighted by Gasteiger charge is -2.22. The van der Waals surface area contributed by atoms with E-state index in [0.29, 0.717) is 0 Å². The van der Waals surface area contributed by atoms with Crippen molar-refractivity contribution >= 4 is 6.09 Å². The topological polar surface area (TPSA) is 50.4 Å². The highest BCUT2D eigenvalue weighted by Gasteiger charge is 2.15. The number of carbonyl (C=O) groups is 1. The highest BCUT2D eigenvalue weighted by molar-refractivity contribution is 5.67. The van der Waals surface area contributed by atoms with Crippen LogP contribution in [0.25, 0.3) is 0 Å². The molecule has 0 unspecified atom stereocenters. The standard InChI is InChI=1S/C14H28N2O2/c1-14(2,3)18-13(17)16-10-5-4-7-12-8-6-9-15-11-12/h12,15H,4-11H2,1-3H3,(H,16,17)/t12-/m0/s1. The third-order valence-corrected chi connectivity index (χ3v) is 3.11. The zero-order valence-electron chi connectivity index (χ0n) is 12.1. The van der Waals surface area contributed by atoms with Crippen LogP contribution >= 0.6 is 0 Å². The highest BCUT2D eigenvalue weighted by atomic mass is 16.6. The van der Waals surface area contributed by atoms with E-state index in [1.807, 2.05) is 20.8 Å². The number of rotatable bonds is 5. The summed E-state index contributed by atoms with van der Waals surface area (Å²) in [4.78, 5) is 11.4. The molecule has 2 N–H and O–H groups in total. The van der Waals surface area contributed by atoms with Crippen molar-refractivity contribution in [3.05, 3.63) is 0 Å². The fraction of sp³-hybridized carbons (Fsp3) is 0.929. The fourth-order valence-electron chi connectivity index (χ4n) is 2.23. The molecular formula is C14H28N2O2. The van der Waals surface area contributed by atoms with E-state index < -0.39 is 5.60 Å². The van der Waals surface area contributed by atoms with Gasteiger partial charge in [-0.25, -0.2) is 4.79 Å². The van der Waals surface area contributed by atoms with Gasteiger partial charge in [0.15, 0.2) is 0 Å². The second kappa shape index (κ2) is 7.62. The minimum Gasteiger partial charge on any atom is -0.444 e. The minimum atomic E-state index is -0.405. The molecule has 0 radical (unpaired) electrons. The Morgan fingerprint density at radius 3 is 2.78 bits per heavy atom. The Labute approximate surface area is 111 Å². The average Bonchev–Trinajstić information content (AvgIpc) is 2.27. The van der Waals surface area contributed by atoms with Crippen LogP contribution in [0.15, 0.2) is 0 Å². The molecule has 0 aromatic heterocycles. The van der Waals surface area contributed by atoms with E-state index in [4.69, 9.17) is 4.74 Å². The predicted octanol–water partition coefficient (Wildman–Crippen LogP) is 2.68. The number of ether oxygens (including phenoxy) is 1. The summed E-state index contributed by atoms with van der Waals surface area (Å²) in [5, 5.41) is 6.23. The second-order valence-electron chi connectivity index (χ2n) is 6.14. The van der Waals surface area contributed by atoms with Crippen LogP contribution in [0, 0.1) is 5.92 Å². The maximum Gasteiger partial charge on any atom is 0.407 e. The summed E-state index contributed by atoms with van der Waals surface area (Å²) in [5.41, 5.74) is -0.405. The van der Waals surface area contributed by atoms with E-state index >= 15 is 0 Å². The molecule has 106 valence electrons. The Morgan fingerprint density at radius 1 is 1.39 bits per heavy atom. The maximum atomic E-state index is 11.4. The quantitative estimate of drug-likeness (QED) is 0.744. The highest BCUT2D eigenvalue weighted by Crippen LogP contribution is 2.16. The monoisotopic (exact) mass is 256 g/mol. The molecule has 1 amide bonds. The van der Waals surface area contributed by atoms with Gasteiger partial charge in [0, 0.05) is 6.54 Å². The van der Waals surface area contributed by atoms with Gasteiger partial charge in [-0.05, 0) is 65.5 Å². The van der Waals surface area contributed by atoms with Crippen LogP contribution in [0.4, 0.5) is 4.79 Å².